The summed E-state index contributed by atoms with van der Waals surface area (Å²) in [5, 5.41) is 10.5. The molecule has 4 rings (SSSR count). The van der Waals surface area contributed by atoms with Crippen molar-refractivity contribution in [3.63, 3.8) is 0 Å². The van der Waals surface area contributed by atoms with Gasteiger partial charge in [0.2, 0.25) is 11.6 Å². The number of fused-ring (bicyclic) bond motifs is 3. The summed E-state index contributed by atoms with van der Waals surface area (Å²) in [7, 11) is 0. The zero-order valence-electron chi connectivity index (χ0n) is 11.1. The van der Waals surface area contributed by atoms with Crippen molar-refractivity contribution in [1.29, 1.82) is 0 Å². The molecule has 0 amide bonds. The second kappa shape index (κ2) is 4.05. The Balaban J connectivity index is 1.86. The van der Waals surface area contributed by atoms with Gasteiger partial charge in [0.1, 0.15) is 5.76 Å². The highest BCUT2D eigenvalue weighted by atomic mass is 16.3. The van der Waals surface area contributed by atoms with Gasteiger partial charge in [-0.05, 0) is 37.0 Å². The summed E-state index contributed by atoms with van der Waals surface area (Å²) in [4.78, 5) is 24.6. The lowest BCUT2D eigenvalue weighted by Gasteiger charge is -2.27. The van der Waals surface area contributed by atoms with Crippen LogP contribution in [0, 0.1) is 17.8 Å². The molecule has 3 aliphatic rings. The van der Waals surface area contributed by atoms with Crippen LogP contribution in [0.2, 0.25) is 0 Å². The van der Waals surface area contributed by atoms with Gasteiger partial charge in [-0.3, -0.25) is 9.59 Å². The van der Waals surface area contributed by atoms with Crippen LogP contribution in [0.3, 0.4) is 0 Å². The average Bonchev–Trinajstić information content (AvgIpc) is 3.08. The van der Waals surface area contributed by atoms with Crippen LogP contribution in [0.15, 0.2) is 29.8 Å². The number of ketones is 2. The van der Waals surface area contributed by atoms with E-state index in [1.54, 1.807) is 24.3 Å². The molecule has 0 radical (unpaired) electrons. The number of benzene rings is 1. The van der Waals surface area contributed by atoms with E-state index in [1.165, 1.54) is 6.42 Å². The van der Waals surface area contributed by atoms with E-state index >= 15 is 0 Å². The van der Waals surface area contributed by atoms with Crippen LogP contribution in [0.1, 0.15) is 41.6 Å². The van der Waals surface area contributed by atoms with Gasteiger partial charge in [0.15, 0.2) is 0 Å². The van der Waals surface area contributed by atoms with E-state index in [-0.39, 0.29) is 11.7 Å². The monoisotopic (exact) mass is 268 g/mol. The lowest BCUT2D eigenvalue weighted by molar-refractivity contribution is -0.112. The second-order valence-corrected chi connectivity index (χ2v) is 6.25. The maximum absolute atomic E-state index is 12.4. The van der Waals surface area contributed by atoms with E-state index in [0.29, 0.717) is 28.5 Å². The van der Waals surface area contributed by atoms with Gasteiger partial charge in [0, 0.05) is 16.7 Å². The molecule has 0 aliphatic heterocycles. The van der Waals surface area contributed by atoms with Crippen molar-refractivity contribution >= 4 is 17.3 Å². The Morgan fingerprint density at radius 2 is 1.70 bits per heavy atom. The average molecular weight is 268 g/mol. The Bertz CT molecular complexity index is 656. The third-order valence-electron chi connectivity index (χ3n) is 5.24. The van der Waals surface area contributed by atoms with Crippen LogP contribution >= 0.6 is 0 Å². The lowest BCUT2D eigenvalue weighted by Crippen LogP contribution is -2.30. The molecule has 3 aliphatic carbocycles. The van der Waals surface area contributed by atoms with Gasteiger partial charge >= 0.3 is 0 Å². The minimum absolute atomic E-state index is 0.0442. The molecule has 102 valence electrons. The highest BCUT2D eigenvalue weighted by molar-refractivity contribution is 6.52. The molecule has 2 fully saturated rings. The first-order chi connectivity index (χ1) is 9.66. The molecular formula is C17H16O3. The minimum atomic E-state index is -0.487. The lowest BCUT2D eigenvalue weighted by atomic mass is 9.76. The van der Waals surface area contributed by atoms with E-state index in [4.69, 9.17) is 0 Å². The van der Waals surface area contributed by atoms with Gasteiger partial charge < -0.3 is 5.11 Å². The normalized spacial score (nSPS) is 31.9. The summed E-state index contributed by atoms with van der Waals surface area (Å²) in [6.45, 7) is 0. The van der Waals surface area contributed by atoms with E-state index in [0.717, 1.165) is 19.3 Å². The predicted octanol–water partition coefficient (Wildman–Crippen LogP) is 3.16. The summed E-state index contributed by atoms with van der Waals surface area (Å²) in [5.74, 6) is 0.320. The number of carbonyl (C=O) groups is 2. The van der Waals surface area contributed by atoms with E-state index < -0.39 is 11.6 Å². The van der Waals surface area contributed by atoms with Gasteiger partial charge in [-0.2, -0.15) is 0 Å². The predicted molar refractivity (Wildman–Crippen MR) is 74.3 cm³/mol. The Kier molecular flexibility index (Phi) is 2.40. The number of Topliss-reactive ketones (excluding diaryl/α,β-unsaturated/α-hetero) is 2. The Labute approximate surface area is 117 Å². The van der Waals surface area contributed by atoms with Crippen LogP contribution in [0.4, 0.5) is 0 Å². The summed E-state index contributed by atoms with van der Waals surface area (Å²) in [5.41, 5.74) is 1.25. The minimum Gasteiger partial charge on any atom is -0.507 e. The molecular weight excluding hydrogens is 252 g/mol. The van der Waals surface area contributed by atoms with Gasteiger partial charge in [-0.1, -0.05) is 30.7 Å². The molecule has 3 nitrogen and oxygen atoms in total. The number of aliphatic hydroxyl groups is 1. The fourth-order valence-corrected chi connectivity index (χ4v) is 4.33. The van der Waals surface area contributed by atoms with Crippen LogP contribution in [-0.2, 0) is 4.79 Å². The largest absolute Gasteiger partial charge is 0.507 e. The molecule has 1 aromatic rings. The first kappa shape index (κ1) is 11.9. The standard InChI is InChI=1S/C17H16O3/c18-15-11-3-1-2-4-12(11)16(19)17(20)14(15)13-8-9-5-6-10(13)7-9/h1-4,9-10,13,18H,5-8H2/t9-,10-,13-/m0/s1. The van der Waals surface area contributed by atoms with Crippen LogP contribution in [0.5, 0.6) is 0 Å². The highest BCUT2D eigenvalue weighted by Crippen LogP contribution is 2.52. The van der Waals surface area contributed by atoms with Crippen molar-refractivity contribution < 1.29 is 14.7 Å². The Hall–Kier alpha value is -1.90. The zero-order valence-corrected chi connectivity index (χ0v) is 11.1. The first-order valence-corrected chi connectivity index (χ1v) is 7.28. The molecule has 3 atom stereocenters. The van der Waals surface area contributed by atoms with Crippen LogP contribution < -0.4 is 0 Å². The maximum atomic E-state index is 12.4. The van der Waals surface area contributed by atoms with Crippen LogP contribution in [-0.4, -0.2) is 16.7 Å². The molecule has 1 aromatic carbocycles. The summed E-state index contributed by atoms with van der Waals surface area (Å²) in [6, 6.07) is 6.85. The SMILES string of the molecule is O=C1C(=O)c2ccccc2C(O)=C1[C@H]1C[C@H]2CC[C@H]1C2. The molecule has 0 aromatic heterocycles. The van der Waals surface area contributed by atoms with Gasteiger partial charge in [0.25, 0.3) is 0 Å². The molecule has 2 saturated carbocycles. The third kappa shape index (κ3) is 1.46. The molecule has 0 heterocycles. The maximum Gasteiger partial charge on any atom is 0.234 e. The highest BCUT2D eigenvalue weighted by Gasteiger charge is 2.46. The fraction of sp³-hybridized carbons (Fsp3) is 0.412. The number of hydrogen-bond donors (Lipinski definition) is 1. The summed E-state index contributed by atoms with van der Waals surface area (Å²) >= 11 is 0. The van der Waals surface area contributed by atoms with Crippen molar-refractivity contribution in [2.24, 2.45) is 17.8 Å². The van der Waals surface area contributed by atoms with E-state index in [2.05, 4.69) is 0 Å². The topological polar surface area (TPSA) is 54.4 Å². The third-order valence-corrected chi connectivity index (χ3v) is 5.24. The number of hydrogen-bond acceptors (Lipinski definition) is 3. The smallest absolute Gasteiger partial charge is 0.234 e. The number of aliphatic hydroxyl groups excluding tert-OH is 1. The zero-order chi connectivity index (χ0) is 13.9. The van der Waals surface area contributed by atoms with E-state index in [1.807, 2.05) is 0 Å². The Morgan fingerprint density at radius 1 is 0.950 bits per heavy atom. The van der Waals surface area contributed by atoms with Crippen molar-refractivity contribution in [1.82, 2.24) is 0 Å². The first-order valence-electron chi connectivity index (χ1n) is 7.28. The molecule has 20 heavy (non-hydrogen) atoms. The van der Waals surface area contributed by atoms with Crippen molar-refractivity contribution in [2.45, 2.75) is 25.7 Å². The molecule has 3 heteroatoms. The van der Waals surface area contributed by atoms with E-state index in [9.17, 15) is 14.7 Å². The summed E-state index contributed by atoms with van der Waals surface area (Å²) < 4.78 is 0. The van der Waals surface area contributed by atoms with Gasteiger partial charge in [0.05, 0.1) is 0 Å². The molecule has 0 saturated heterocycles. The van der Waals surface area contributed by atoms with Crippen LogP contribution in [0.25, 0.3) is 5.76 Å². The molecule has 0 spiro atoms. The van der Waals surface area contributed by atoms with Crippen molar-refractivity contribution in [2.75, 3.05) is 0 Å². The Morgan fingerprint density at radius 3 is 2.35 bits per heavy atom. The van der Waals surface area contributed by atoms with Gasteiger partial charge in [-0.15, -0.1) is 0 Å². The second-order valence-electron chi connectivity index (χ2n) is 6.25. The van der Waals surface area contributed by atoms with Gasteiger partial charge in [-0.25, -0.2) is 0 Å². The number of carbonyl (C=O) groups excluding carboxylic acids is 2. The molecule has 2 bridgehead atoms. The fourth-order valence-electron chi connectivity index (χ4n) is 4.33. The number of allylic oxidation sites excluding steroid dienone is 1. The van der Waals surface area contributed by atoms with Crippen molar-refractivity contribution in [3.05, 3.63) is 41.0 Å². The van der Waals surface area contributed by atoms with Crippen molar-refractivity contribution in [3.8, 4) is 0 Å². The molecule has 1 N–H and O–H groups in total. The quantitative estimate of drug-likeness (QED) is 0.796. The summed E-state index contributed by atoms with van der Waals surface area (Å²) in [6.07, 6.45) is 4.44. The number of rotatable bonds is 1. The molecule has 0 unspecified atom stereocenters.